The van der Waals surface area contributed by atoms with Crippen LogP contribution in [0, 0.1) is 6.92 Å². The quantitative estimate of drug-likeness (QED) is 0.856. The van der Waals surface area contributed by atoms with Crippen LogP contribution in [0.5, 0.6) is 0 Å². The van der Waals surface area contributed by atoms with E-state index in [2.05, 4.69) is 20.6 Å². The van der Waals surface area contributed by atoms with Crippen molar-refractivity contribution in [1.82, 2.24) is 15.3 Å². The fourth-order valence-corrected chi connectivity index (χ4v) is 2.43. The van der Waals surface area contributed by atoms with Crippen molar-refractivity contribution < 1.29 is 4.79 Å². The van der Waals surface area contributed by atoms with Crippen molar-refractivity contribution in [1.29, 1.82) is 0 Å². The number of thiazole rings is 1. The summed E-state index contributed by atoms with van der Waals surface area (Å²) in [5.74, 6) is -0.156. The lowest BCUT2D eigenvalue weighted by molar-refractivity contribution is 0.0949. The number of pyridine rings is 1. The molecular weight excluding hydrogens is 272 g/mol. The van der Waals surface area contributed by atoms with Crippen molar-refractivity contribution in [2.45, 2.75) is 20.3 Å². The number of rotatable bonds is 6. The molecule has 0 saturated carbocycles. The molecule has 0 unspecified atom stereocenters. The highest BCUT2D eigenvalue weighted by Gasteiger charge is 2.07. The van der Waals surface area contributed by atoms with Crippen molar-refractivity contribution in [2.24, 2.45) is 0 Å². The van der Waals surface area contributed by atoms with Gasteiger partial charge < -0.3 is 10.6 Å². The molecule has 2 N–H and O–H groups in total. The molecule has 0 atom stereocenters. The predicted molar refractivity (Wildman–Crippen MR) is 81.3 cm³/mol. The maximum atomic E-state index is 12.0. The van der Waals surface area contributed by atoms with Crippen LogP contribution in [0.25, 0.3) is 0 Å². The Kier molecular flexibility index (Phi) is 5.06. The molecule has 0 aliphatic carbocycles. The Bertz CT molecular complexity index is 582. The molecule has 0 fully saturated rings. The zero-order chi connectivity index (χ0) is 14.4. The van der Waals surface area contributed by atoms with Crippen molar-refractivity contribution in [3.63, 3.8) is 0 Å². The first-order valence-electron chi connectivity index (χ1n) is 6.58. The maximum absolute atomic E-state index is 12.0. The van der Waals surface area contributed by atoms with Crippen LogP contribution in [-0.2, 0) is 6.42 Å². The summed E-state index contributed by atoms with van der Waals surface area (Å²) in [4.78, 5) is 20.4. The number of hydrogen-bond acceptors (Lipinski definition) is 5. The molecule has 1 amide bonds. The fraction of sp³-hybridized carbons (Fsp3) is 0.357. The van der Waals surface area contributed by atoms with E-state index in [1.54, 1.807) is 23.6 Å². The van der Waals surface area contributed by atoms with Crippen LogP contribution in [0.3, 0.4) is 0 Å². The Balaban J connectivity index is 1.86. The van der Waals surface area contributed by atoms with Gasteiger partial charge in [-0.15, -0.1) is 11.3 Å². The molecule has 0 aliphatic heterocycles. The molecule has 2 aromatic heterocycles. The molecule has 0 radical (unpaired) electrons. The third kappa shape index (κ3) is 4.03. The molecule has 2 heterocycles. The van der Waals surface area contributed by atoms with E-state index in [1.165, 1.54) is 0 Å². The van der Waals surface area contributed by atoms with E-state index in [9.17, 15) is 4.79 Å². The molecule has 106 valence electrons. The number of anilines is 1. The average molecular weight is 290 g/mol. The monoisotopic (exact) mass is 290 g/mol. The summed E-state index contributed by atoms with van der Waals surface area (Å²) in [6.45, 7) is 5.36. The van der Waals surface area contributed by atoms with Gasteiger partial charge in [0.2, 0.25) is 0 Å². The number of amides is 1. The molecule has 0 spiro atoms. The molecule has 5 nitrogen and oxygen atoms in total. The number of hydrogen-bond donors (Lipinski definition) is 2. The Morgan fingerprint density at radius 1 is 1.45 bits per heavy atom. The molecule has 20 heavy (non-hydrogen) atoms. The number of aryl methyl sites for hydroxylation is 1. The fourth-order valence-electron chi connectivity index (χ4n) is 1.79. The summed E-state index contributed by atoms with van der Waals surface area (Å²) < 4.78 is 0. The Labute approximate surface area is 122 Å². The number of carbonyl (C=O) groups excluding carboxylic acids is 1. The predicted octanol–water partition coefficient (Wildman–Crippen LogP) is 2.25. The van der Waals surface area contributed by atoms with Gasteiger partial charge in [-0.05, 0) is 26.0 Å². The van der Waals surface area contributed by atoms with Crippen molar-refractivity contribution in [3.05, 3.63) is 40.1 Å². The average Bonchev–Trinajstić information content (AvgIpc) is 2.85. The van der Waals surface area contributed by atoms with Gasteiger partial charge in [-0.2, -0.15) is 0 Å². The smallest absolute Gasteiger partial charge is 0.269 e. The molecule has 0 aromatic carbocycles. The highest BCUT2D eigenvalue weighted by Crippen LogP contribution is 2.09. The van der Waals surface area contributed by atoms with E-state index < -0.39 is 0 Å². The summed E-state index contributed by atoms with van der Waals surface area (Å²) >= 11 is 1.62. The Morgan fingerprint density at radius 2 is 2.30 bits per heavy atom. The maximum Gasteiger partial charge on any atom is 0.269 e. The zero-order valence-electron chi connectivity index (χ0n) is 11.6. The third-order valence-electron chi connectivity index (χ3n) is 2.71. The second kappa shape index (κ2) is 7.00. The van der Waals surface area contributed by atoms with Gasteiger partial charge in [0.05, 0.1) is 10.7 Å². The van der Waals surface area contributed by atoms with Gasteiger partial charge in [-0.1, -0.05) is 0 Å². The Morgan fingerprint density at radius 3 is 3.00 bits per heavy atom. The first-order valence-corrected chi connectivity index (χ1v) is 7.46. The first kappa shape index (κ1) is 14.5. The van der Waals surface area contributed by atoms with Crippen LogP contribution in [-0.4, -0.2) is 29.0 Å². The minimum atomic E-state index is -0.156. The molecular formula is C14H18N4OS. The van der Waals surface area contributed by atoms with Crippen LogP contribution in [0.4, 0.5) is 5.69 Å². The van der Waals surface area contributed by atoms with E-state index in [-0.39, 0.29) is 5.91 Å². The van der Waals surface area contributed by atoms with Gasteiger partial charge in [0.15, 0.2) is 0 Å². The topological polar surface area (TPSA) is 66.9 Å². The van der Waals surface area contributed by atoms with Crippen molar-refractivity contribution >= 4 is 22.9 Å². The van der Waals surface area contributed by atoms with Gasteiger partial charge in [-0.3, -0.25) is 9.78 Å². The van der Waals surface area contributed by atoms with E-state index in [0.29, 0.717) is 12.2 Å². The lowest BCUT2D eigenvalue weighted by Crippen LogP contribution is -2.26. The van der Waals surface area contributed by atoms with Crippen LogP contribution >= 0.6 is 11.3 Å². The van der Waals surface area contributed by atoms with Crippen LogP contribution in [0.15, 0.2) is 23.7 Å². The highest BCUT2D eigenvalue weighted by atomic mass is 32.1. The second-order valence-corrected chi connectivity index (χ2v) is 5.39. The molecule has 2 aromatic rings. The number of nitrogens with zero attached hydrogens (tertiary/aromatic N) is 2. The van der Waals surface area contributed by atoms with Crippen molar-refractivity contribution in [2.75, 3.05) is 18.4 Å². The largest absolute Gasteiger partial charge is 0.385 e. The van der Waals surface area contributed by atoms with Gasteiger partial charge in [0.1, 0.15) is 5.69 Å². The lowest BCUT2D eigenvalue weighted by Gasteiger charge is -2.06. The number of aromatic nitrogens is 2. The SMILES string of the molecule is CCNc1ccnc(C(=O)NCCc2csc(C)n2)c1. The van der Waals surface area contributed by atoms with Gasteiger partial charge in [-0.25, -0.2) is 4.98 Å². The van der Waals surface area contributed by atoms with E-state index >= 15 is 0 Å². The standard InChI is InChI=1S/C14H18N4OS/c1-3-15-11-4-6-16-13(8-11)14(19)17-7-5-12-9-20-10(2)18-12/h4,6,8-9H,3,5,7H2,1-2H3,(H,15,16)(H,17,19). The minimum absolute atomic E-state index is 0.156. The van der Waals surface area contributed by atoms with Crippen LogP contribution in [0.1, 0.15) is 28.1 Å². The van der Waals surface area contributed by atoms with Crippen molar-refractivity contribution in [3.8, 4) is 0 Å². The first-order chi connectivity index (χ1) is 9.69. The third-order valence-corrected chi connectivity index (χ3v) is 3.53. The van der Waals surface area contributed by atoms with E-state index in [1.807, 2.05) is 25.3 Å². The Hall–Kier alpha value is -1.95. The molecule has 0 aliphatic rings. The molecule has 6 heteroatoms. The van der Waals surface area contributed by atoms with E-state index in [4.69, 9.17) is 0 Å². The molecule has 0 bridgehead atoms. The lowest BCUT2D eigenvalue weighted by atomic mass is 10.3. The minimum Gasteiger partial charge on any atom is -0.385 e. The summed E-state index contributed by atoms with van der Waals surface area (Å²) in [5, 5.41) is 9.09. The van der Waals surface area contributed by atoms with Crippen LogP contribution < -0.4 is 10.6 Å². The van der Waals surface area contributed by atoms with Crippen LogP contribution in [0.2, 0.25) is 0 Å². The zero-order valence-corrected chi connectivity index (χ0v) is 12.5. The number of carbonyl (C=O) groups is 1. The summed E-state index contributed by atoms with van der Waals surface area (Å²) in [5.41, 5.74) is 2.35. The summed E-state index contributed by atoms with van der Waals surface area (Å²) in [7, 11) is 0. The normalized spacial score (nSPS) is 10.3. The number of nitrogens with one attached hydrogen (secondary N) is 2. The summed E-state index contributed by atoms with van der Waals surface area (Å²) in [6.07, 6.45) is 2.37. The van der Waals surface area contributed by atoms with Gasteiger partial charge in [0, 0.05) is 36.8 Å². The molecule has 2 rings (SSSR count). The second-order valence-electron chi connectivity index (χ2n) is 4.32. The summed E-state index contributed by atoms with van der Waals surface area (Å²) in [6, 6.07) is 3.60. The van der Waals surface area contributed by atoms with Gasteiger partial charge in [0.25, 0.3) is 5.91 Å². The highest BCUT2D eigenvalue weighted by molar-refractivity contribution is 7.09. The van der Waals surface area contributed by atoms with Gasteiger partial charge >= 0.3 is 0 Å². The molecule has 0 saturated heterocycles. The van der Waals surface area contributed by atoms with E-state index in [0.717, 1.165) is 29.4 Å².